The molecule has 0 saturated carbocycles. The van der Waals surface area contributed by atoms with Crippen LogP contribution in [0.1, 0.15) is 12.5 Å². The van der Waals surface area contributed by atoms with E-state index in [0.717, 1.165) is 11.3 Å². The predicted molar refractivity (Wildman–Crippen MR) is 87.5 cm³/mol. The van der Waals surface area contributed by atoms with Crippen LogP contribution in [0, 0.1) is 11.3 Å². The van der Waals surface area contributed by atoms with Crippen LogP contribution in [-0.4, -0.2) is 18.0 Å². The van der Waals surface area contributed by atoms with E-state index in [1.165, 1.54) is 18.7 Å². The van der Waals surface area contributed by atoms with Gasteiger partial charge in [-0.15, -0.1) is 11.8 Å². The SMILES string of the molecule is COc1ccc(CSC(N)=C(C#N)C(=S)NC(C)=O)cc1. The summed E-state index contributed by atoms with van der Waals surface area (Å²) in [6, 6.07) is 9.45. The Labute approximate surface area is 133 Å². The maximum atomic E-state index is 10.9. The number of ether oxygens (including phenoxy) is 1. The number of rotatable bonds is 5. The molecule has 7 heteroatoms. The Morgan fingerprint density at radius 3 is 2.57 bits per heavy atom. The average molecular weight is 321 g/mol. The second-order valence-electron chi connectivity index (χ2n) is 4.00. The third kappa shape index (κ3) is 5.45. The highest BCUT2D eigenvalue weighted by atomic mass is 32.2. The van der Waals surface area contributed by atoms with Crippen molar-refractivity contribution in [1.29, 1.82) is 5.26 Å². The van der Waals surface area contributed by atoms with Crippen molar-refractivity contribution in [3.63, 3.8) is 0 Å². The first kappa shape index (κ1) is 17.0. The number of carbonyl (C=O) groups is 1. The van der Waals surface area contributed by atoms with Crippen LogP contribution in [0.4, 0.5) is 0 Å². The molecule has 0 aliphatic carbocycles. The molecule has 1 rings (SSSR count). The van der Waals surface area contributed by atoms with E-state index >= 15 is 0 Å². The van der Waals surface area contributed by atoms with Gasteiger partial charge in [0.25, 0.3) is 0 Å². The Morgan fingerprint density at radius 2 is 2.10 bits per heavy atom. The van der Waals surface area contributed by atoms with E-state index in [0.29, 0.717) is 5.75 Å². The first-order chi connectivity index (χ1) is 9.97. The number of methoxy groups -OCH3 is 1. The molecule has 5 nitrogen and oxygen atoms in total. The van der Waals surface area contributed by atoms with Gasteiger partial charge in [0.2, 0.25) is 5.91 Å². The van der Waals surface area contributed by atoms with E-state index in [9.17, 15) is 4.79 Å². The minimum Gasteiger partial charge on any atom is -0.497 e. The number of nitrogens with one attached hydrogen (secondary N) is 1. The lowest BCUT2D eigenvalue weighted by atomic mass is 10.2. The fourth-order valence-electron chi connectivity index (χ4n) is 1.40. The lowest BCUT2D eigenvalue weighted by Crippen LogP contribution is -2.28. The van der Waals surface area contributed by atoms with Crippen LogP contribution in [0.2, 0.25) is 0 Å². The number of nitrogens with two attached hydrogens (primary N) is 1. The number of nitriles is 1. The molecule has 1 aromatic rings. The van der Waals surface area contributed by atoms with Crippen molar-refractivity contribution in [2.24, 2.45) is 5.73 Å². The van der Waals surface area contributed by atoms with E-state index in [1.54, 1.807) is 7.11 Å². The number of thiocarbonyl (C=S) groups is 1. The Hall–Kier alpha value is -2.04. The maximum Gasteiger partial charge on any atom is 0.221 e. The molecule has 3 N–H and O–H groups in total. The van der Waals surface area contributed by atoms with Crippen molar-refractivity contribution in [3.05, 3.63) is 40.4 Å². The van der Waals surface area contributed by atoms with Gasteiger partial charge in [-0.1, -0.05) is 24.4 Å². The molecule has 0 spiro atoms. The normalized spacial score (nSPS) is 11.1. The number of amides is 1. The predicted octanol–water partition coefficient (Wildman–Crippen LogP) is 2.09. The summed E-state index contributed by atoms with van der Waals surface area (Å²) in [4.78, 5) is 11.0. The van der Waals surface area contributed by atoms with Gasteiger partial charge in [-0.3, -0.25) is 4.79 Å². The van der Waals surface area contributed by atoms with Gasteiger partial charge < -0.3 is 15.8 Å². The summed E-state index contributed by atoms with van der Waals surface area (Å²) >= 11 is 6.25. The second-order valence-corrected chi connectivity index (χ2v) is 5.42. The summed E-state index contributed by atoms with van der Waals surface area (Å²) in [6.45, 7) is 1.32. The maximum absolute atomic E-state index is 10.9. The van der Waals surface area contributed by atoms with Crippen LogP contribution < -0.4 is 15.8 Å². The van der Waals surface area contributed by atoms with Crippen LogP contribution in [0.25, 0.3) is 0 Å². The topological polar surface area (TPSA) is 88.1 Å². The summed E-state index contributed by atoms with van der Waals surface area (Å²) in [5.74, 6) is 1.03. The van der Waals surface area contributed by atoms with Gasteiger partial charge in [0.15, 0.2) is 0 Å². The monoisotopic (exact) mass is 321 g/mol. The van der Waals surface area contributed by atoms with E-state index in [1.807, 2.05) is 30.3 Å². The zero-order valence-corrected chi connectivity index (χ0v) is 13.3. The van der Waals surface area contributed by atoms with Gasteiger partial charge in [0, 0.05) is 12.7 Å². The molecule has 1 amide bonds. The van der Waals surface area contributed by atoms with Crippen LogP contribution in [0.15, 0.2) is 34.9 Å². The highest BCUT2D eigenvalue weighted by Crippen LogP contribution is 2.22. The molecule has 0 heterocycles. The first-order valence-corrected chi connectivity index (χ1v) is 7.34. The van der Waals surface area contributed by atoms with E-state index in [4.69, 9.17) is 28.0 Å². The lowest BCUT2D eigenvalue weighted by Gasteiger charge is -2.07. The molecule has 1 aromatic carbocycles. The van der Waals surface area contributed by atoms with E-state index in [-0.39, 0.29) is 21.5 Å². The van der Waals surface area contributed by atoms with Crippen molar-refractivity contribution in [1.82, 2.24) is 5.32 Å². The third-order valence-corrected chi connectivity index (χ3v) is 3.73. The molecule has 0 aromatic heterocycles. The second kappa shape index (κ2) is 8.29. The van der Waals surface area contributed by atoms with Gasteiger partial charge in [0.1, 0.15) is 22.4 Å². The Balaban J connectivity index is 2.74. The number of hydrogen-bond donors (Lipinski definition) is 2. The molecule has 0 aliphatic heterocycles. The highest BCUT2D eigenvalue weighted by Gasteiger charge is 2.11. The fourth-order valence-corrected chi connectivity index (χ4v) is 2.57. The number of thioether (sulfide) groups is 1. The minimum atomic E-state index is -0.333. The molecule has 21 heavy (non-hydrogen) atoms. The molecule has 0 atom stereocenters. The molecular weight excluding hydrogens is 306 g/mol. The Kier molecular flexibility index (Phi) is 6.72. The van der Waals surface area contributed by atoms with Crippen molar-refractivity contribution in [2.45, 2.75) is 12.7 Å². The fraction of sp³-hybridized carbons (Fsp3) is 0.214. The number of nitrogens with zero attached hydrogens (tertiary/aromatic N) is 1. The van der Waals surface area contributed by atoms with Crippen LogP contribution >= 0.6 is 24.0 Å². The van der Waals surface area contributed by atoms with Gasteiger partial charge in [-0.2, -0.15) is 5.26 Å². The Morgan fingerprint density at radius 1 is 1.48 bits per heavy atom. The summed E-state index contributed by atoms with van der Waals surface area (Å²) < 4.78 is 5.08. The standard InChI is InChI=1S/C14H15N3O2S2/c1-9(18)17-14(20)12(7-15)13(16)21-8-10-3-5-11(19-2)6-4-10/h3-6H,8,16H2,1-2H3,(H,17,18,20). The highest BCUT2D eigenvalue weighted by molar-refractivity contribution is 8.02. The molecule has 110 valence electrons. The minimum absolute atomic E-state index is 0.0460. The van der Waals surface area contributed by atoms with Crippen LogP contribution in [0.5, 0.6) is 5.75 Å². The van der Waals surface area contributed by atoms with Crippen molar-refractivity contribution >= 4 is 34.9 Å². The number of carbonyl (C=O) groups excluding carboxylic acids is 1. The summed E-state index contributed by atoms with van der Waals surface area (Å²) in [7, 11) is 1.60. The summed E-state index contributed by atoms with van der Waals surface area (Å²) in [5, 5.41) is 11.8. The quantitative estimate of drug-likeness (QED) is 0.490. The number of benzene rings is 1. The lowest BCUT2D eigenvalue weighted by molar-refractivity contribution is -0.117. The van der Waals surface area contributed by atoms with E-state index in [2.05, 4.69) is 5.32 Å². The van der Waals surface area contributed by atoms with Gasteiger partial charge in [-0.05, 0) is 17.7 Å². The summed E-state index contributed by atoms with van der Waals surface area (Å²) in [5.41, 5.74) is 7.01. The van der Waals surface area contributed by atoms with E-state index < -0.39 is 0 Å². The smallest absolute Gasteiger partial charge is 0.221 e. The Bertz CT molecular complexity index is 604. The first-order valence-electron chi connectivity index (χ1n) is 5.95. The van der Waals surface area contributed by atoms with Crippen molar-refractivity contribution in [2.75, 3.05) is 7.11 Å². The number of hydrogen-bond acceptors (Lipinski definition) is 6. The zero-order valence-electron chi connectivity index (χ0n) is 11.7. The van der Waals surface area contributed by atoms with Crippen molar-refractivity contribution < 1.29 is 9.53 Å². The van der Waals surface area contributed by atoms with Crippen molar-refractivity contribution in [3.8, 4) is 11.8 Å². The van der Waals surface area contributed by atoms with Crippen LogP contribution in [-0.2, 0) is 10.5 Å². The largest absolute Gasteiger partial charge is 0.497 e. The zero-order chi connectivity index (χ0) is 15.8. The molecule has 0 aliphatic rings. The van der Waals surface area contributed by atoms with Gasteiger partial charge in [-0.25, -0.2) is 0 Å². The molecule has 0 saturated heterocycles. The van der Waals surface area contributed by atoms with Gasteiger partial charge in [0.05, 0.1) is 12.1 Å². The molecule has 0 bridgehead atoms. The molecule has 0 unspecified atom stereocenters. The average Bonchev–Trinajstić information content (AvgIpc) is 2.45. The summed E-state index contributed by atoms with van der Waals surface area (Å²) in [6.07, 6.45) is 0. The molecular formula is C14H15N3O2S2. The van der Waals surface area contributed by atoms with Gasteiger partial charge >= 0.3 is 0 Å². The third-order valence-electron chi connectivity index (χ3n) is 2.43. The molecule has 0 radical (unpaired) electrons. The van der Waals surface area contributed by atoms with Crippen LogP contribution in [0.3, 0.4) is 0 Å². The molecule has 0 fully saturated rings.